The topological polar surface area (TPSA) is 307 Å². The van der Waals surface area contributed by atoms with E-state index in [4.69, 9.17) is 28.4 Å². The van der Waals surface area contributed by atoms with Crippen molar-refractivity contribution in [1.82, 2.24) is 5.32 Å². The molecule has 3 saturated heterocycles. The monoisotopic (exact) mass is 1220 g/mol. The zero-order valence-electron chi connectivity index (χ0n) is 52.0. The number of aliphatic hydroxyl groups excluding tert-OH is 11. The van der Waals surface area contributed by atoms with Gasteiger partial charge in [0.15, 0.2) is 18.9 Å². The van der Waals surface area contributed by atoms with Crippen LogP contribution in [0.5, 0.6) is 0 Å². The van der Waals surface area contributed by atoms with Crippen LogP contribution in [0.15, 0.2) is 85.1 Å². The van der Waals surface area contributed by atoms with Gasteiger partial charge in [0.05, 0.1) is 38.6 Å². The van der Waals surface area contributed by atoms with Crippen molar-refractivity contribution in [1.29, 1.82) is 0 Å². The number of hydrogen-bond donors (Lipinski definition) is 12. The van der Waals surface area contributed by atoms with Gasteiger partial charge in [-0.05, 0) is 77.0 Å². The lowest BCUT2D eigenvalue weighted by molar-refractivity contribution is -0.379. The summed E-state index contributed by atoms with van der Waals surface area (Å²) in [5, 5.41) is 120. The molecular formula is C67H115NO18. The summed E-state index contributed by atoms with van der Waals surface area (Å²) in [7, 11) is 0. The first kappa shape index (κ1) is 77.2. The molecule has 0 aromatic rings. The van der Waals surface area contributed by atoms with Gasteiger partial charge in [0.2, 0.25) is 5.91 Å². The molecule has 3 heterocycles. The smallest absolute Gasteiger partial charge is 0.220 e. The molecule has 0 aromatic heterocycles. The molecule has 0 spiro atoms. The van der Waals surface area contributed by atoms with Crippen molar-refractivity contribution < 1.29 is 89.4 Å². The van der Waals surface area contributed by atoms with Gasteiger partial charge in [-0.25, -0.2) is 0 Å². The van der Waals surface area contributed by atoms with Gasteiger partial charge in [-0.15, -0.1) is 0 Å². The molecule has 0 bridgehead atoms. The Kier molecular flexibility index (Phi) is 43.8. The predicted molar refractivity (Wildman–Crippen MR) is 332 cm³/mol. The maximum absolute atomic E-state index is 13.4. The fourth-order valence-electron chi connectivity index (χ4n) is 10.6. The number of carbonyl (C=O) groups excluding carboxylic acids is 1. The summed E-state index contributed by atoms with van der Waals surface area (Å²) >= 11 is 0. The standard InChI is InChI=1S/C67H115NO18/c1-3-5-7-9-11-13-15-17-19-20-21-22-23-24-25-26-27-28-29-30-31-33-35-37-39-41-43-45-55(73)68-50(51(72)44-42-40-38-36-34-32-18-16-14-12-10-8-6-4-2)49-81-65-61(79)58(76)63(53(47-70)83-65)86-67-62(80)59(77)64(54(48-71)84-67)85-66-60(78)57(75)56(74)52(46-69)82-66/h5,7,11,13,17,19,21-22,24-25,34,36,42,44,50-54,56-67,69-72,74-80H,3-4,6,8-10,12,14-16,18,20,23,26-33,35,37-41,43,45-49H2,1-2H3,(H,68,73)/b7-5-,13-11-,19-17-,22-21-,25-24-,36-34+,44-42+. The molecular weight excluding hydrogens is 1110 g/mol. The molecule has 3 rings (SSSR count). The van der Waals surface area contributed by atoms with Gasteiger partial charge in [0, 0.05) is 6.42 Å². The van der Waals surface area contributed by atoms with Crippen molar-refractivity contribution in [3.8, 4) is 0 Å². The summed E-state index contributed by atoms with van der Waals surface area (Å²) in [4.78, 5) is 13.4. The molecule has 86 heavy (non-hydrogen) atoms. The van der Waals surface area contributed by atoms with Gasteiger partial charge in [-0.2, -0.15) is 0 Å². The third-order valence-electron chi connectivity index (χ3n) is 15.9. The molecule has 19 nitrogen and oxygen atoms in total. The Balaban J connectivity index is 1.44. The van der Waals surface area contributed by atoms with Crippen molar-refractivity contribution >= 4 is 5.91 Å². The minimum atomic E-state index is -1.98. The fraction of sp³-hybridized carbons (Fsp3) is 0.776. The third kappa shape index (κ3) is 31.1. The SMILES string of the molecule is CC/C=C\C/C=C\C/C=C\C/C=C\C/C=C\CCCCCCCCCCCCCC(=O)NC(COC1OC(CO)C(OC2OC(CO)C(OC3OC(CO)C(O)C(O)C3O)C(O)C2O)C(O)C1O)C(O)/C=C/CC/C=C/CCCCCCCCCC. The van der Waals surface area contributed by atoms with E-state index in [1.807, 2.05) is 6.08 Å². The van der Waals surface area contributed by atoms with E-state index in [0.29, 0.717) is 12.8 Å². The molecule has 19 heteroatoms. The Morgan fingerprint density at radius 1 is 0.430 bits per heavy atom. The highest BCUT2D eigenvalue weighted by molar-refractivity contribution is 5.76. The quantitative estimate of drug-likeness (QED) is 0.0207. The van der Waals surface area contributed by atoms with Crippen molar-refractivity contribution in [3.63, 3.8) is 0 Å². The second kappa shape index (κ2) is 48.8. The van der Waals surface area contributed by atoms with Gasteiger partial charge in [-0.1, -0.05) is 202 Å². The Hall–Kier alpha value is -3.03. The van der Waals surface area contributed by atoms with Crippen LogP contribution >= 0.6 is 0 Å². The summed E-state index contributed by atoms with van der Waals surface area (Å²) in [6, 6.07) is -0.996. The number of aliphatic hydroxyl groups is 11. The molecule has 0 saturated carbocycles. The van der Waals surface area contributed by atoms with Crippen LogP contribution in [0, 0.1) is 0 Å². The summed E-state index contributed by atoms with van der Waals surface area (Å²) in [5.41, 5.74) is 0. The van der Waals surface area contributed by atoms with Crippen molar-refractivity contribution in [2.75, 3.05) is 26.4 Å². The Morgan fingerprint density at radius 2 is 0.814 bits per heavy atom. The molecule has 3 aliphatic rings. The van der Waals surface area contributed by atoms with Crippen LogP contribution in [-0.2, 0) is 33.2 Å². The molecule has 0 aliphatic carbocycles. The van der Waals surface area contributed by atoms with Crippen molar-refractivity contribution in [2.45, 2.75) is 304 Å². The Labute approximate surface area is 514 Å². The van der Waals surface area contributed by atoms with E-state index in [1.54, 1.807) is 6.08 Å². The first-order chi connectivity index (χ1) is 41.8. The lowest BCUT2D eigenvalue weighted by Gasteiger charge is -2.48. The zero-order chi connectivity index (χ0) is 62.6. The van der Waals surface area contributed by atoms with Crippen LogP contribution in [0.3, 0.4) is 0 Å². The Bertz CT molecular complexity index is 1890. The van der Waals surface area contributed by atoms with E-state index in [-0.39, 0.29) is 18.9 Å². The number of unbranched alkanes of at least 4 members (excludes halogenated alkanes) is 20. The van der Waals surface area contributed by atoms with Crippen LogP contribution in [0.1, 0.15) is 200 Å². The summed E-state index contributed by atoms with van der Waals surface area (Å²) in [5.74, 6) is -0.293. The molecule has 0 aromatic carbocycles. The average Bonchev–Trinajstić information content (AvgIpc) is 1.96. The normalized spacial score (nSPS) is 29.3. The summed E-state index contributed by atoms with van der Waals surface area (Å²) in [6.45, 7) is 1.57. The van der Waals surface area contributed by atoms with E-state index >= 15 is 0 Å². The third-order valence-corrected chi connectivity index (χ3v) is 15.9. The van der Waals surface area contributed by atoms with Gasteiger partial charge in [0.1, 0.15) is 73.2 Å². The number of amides is 1. The Morgan fingerprint density at radius 3 is 1.30 bits per heavy atom. The van der Waals surface area contributed by atoms with Gasteiger partial charge < -0.3 is 89.9 Å². The predicted octanol–water partition coefficient (Wildman–Crippen LogP) is 7.54. The first-order valence-electron chi connectivity index (χ1n) is 32.8. The van der Waals surface area contributed by atoms with Gasteiger partial charge >= 0.3 is 0 Å². The molecule has 3 aliphatic heterocycles. The highest BCUT2D eigenvalue weighted by atomic mass is 16.8. The van der Waals surface area contributed by atoms with Crippen LogP contribution < -0.4 is 5.32 Å². The van der Waals surface area contributed by atoms with Crippen LogP contribution in [0.2, 0.25) is 0 Å². The molecule has 17 unspecified atom stereocenters. The van der Waals surface area contributed by atoms with E-state index in [9.17, 15) is 61.0 Å². The fourth-order valence-corrected chi connectivity index (χ4v) is 10.6. The molecule has 17 atom stereocenters. The van der Waals surface area contributed by atoms with E-state index in [1.165, 1.54) is 83.5 Å². The molecule has 12 N–H and O–H groups in total. The average molecular weight is 1220 g/mol. The van der Waals surface area contributed by atoms with Crippen LogP contribution in [-0.4, -0.2) is 193 Å². The van der Waals surface area contributed by atoms with E-state index < -0.39 is 124 Å². The first-order valence-corrected chi connectivity index (χ1v) is 32.8. The number of allylic oxidation sites excluding steroid dienone is 13. The van der Waals surface area contributed by atoms with Crippen LogP contribution in [0.4, 0.5) is 0 Å². The maximum Gasteiger partial charge on any atom is 0.220 e. The number of nitrogens with one attached hydrogen (secondary N) is 1. The van der Waals surface area contributed by atoms with Gasteiger partial charge in [-0.3, -0.25) is 4.79 Å². The molecule has 496 valence electrons. The highest BCUT2D eigenvalue weighted by Crippen LogP contribution is 2.33. The highest BCUT2D eigenvalue weighted by Gasteiger charge is 2.53. The van der Waals surface area contributed by atoms with Crippen molar-refractivity contribution in [3.05, 3.63) is 85.1 Å². The van der Waals surface area contributed by atoms with E-state index in [0.717, 1.165) is 83.5 Å². The number of rotatable bonds is 48. The lowest BCUT2D eigenvalue weighted by Crippen LogP contribution is -2.66. The molecule has 1 amide bonds. The lowest BCUT2D eigenvalue weighted by atomic mass is 9.96. The van der Waals surface area contributed by atoms with E-state index in [2.05, 4.69) is 92.1 Å². The summed E-state index contributed by atoms with van der Waals surface area (Å²) in [6.07, 6.45) is 34.2. The number of hydrogen-bond acceptors (Lipinski definition) is 18. The number of carbonyl (C=O) groups is 1. The summed E-state index contributed by atoms with van der Waals surface area (Å²) < 4.78 is 34.3. The second-order valence-electron chi connectivity index (χ2n) is 23.2. The molecule has 0 radical (unpaired) electrons. The largest absolute Gasteiger partial charge is 0.394 e. The second-order valence-corrected chi connectivity index (χ2v) is 23.2. The minimum Gasteiger partial charge on any atom is -0.394 e. The maximum atomic E-state index is 13.4. The number of ether oxygens (including phenoxy) is 6. The minimum absolute atomic E-state index is 0.227. The van der Waals surface area contributed by atoms with Gasteiger partial charge in [0.25, 0.3) is 0 Å². The zero-order valence-corrected chi connectivity index (χ0v) is 52.0. The van der Waals surface area contributed by atoms with Crippen molar-refractivity contribution in [2.24, 2.45) is 0 Å². The van der Waals surface area contributed by atoms with Crippen LogP contribution in [0.25, 0.3) is 0 Å². The molecule has 3 fully saturated rings.